The standard InChI is InChI=1S/C25H42N2O5S/c1-7-32-22(29)19(2)16-20-10-8-11-21(17-20)25(5,23(30)27-26-6)13-9-12-24(3,4)18-33(31)15-14-28/h8,10-11,17,19,26,28H,7,9,12-16,18H2,1-6H3,(H,27,30). The number of aliphatic hydroxyl groups is 1. The third-order valence-electron chi connectivity index (χ3n) is 5.94. The molecule has 8 heteroatoms. The Morgan fingerprint density at radius 3 is 2.52 bits per heavy atom. The molecule has 0 bridgehead atoms. The number of hydrazine groups is 1. The smallest absolute Gasteiger partial charge is 0.308 e. The summed E-state index contributed by atoms with van der Waals surface area (Å²) >= 11 is 0. The molecule has 1 amide bonds. The van der Waals surface area contributed by atoms with Crippen LogP contribution in [0.15, 0.2) is 24.3 Å². The maximum absolute atomic E-state index is 13.1. The first-order chi connectivity index (χ1) is 15.5. The van der Waals surface area contributed by atoms with Crippen LogP contribution in [0.1, 0.15) is 65.0 Å². The summed E-state index contributed by atoms with van der Waals surface area (Å²) in [5, 5.41) is 9.02. The Kier molecular flexibility index (Phi) is 12.3. The molecule has 0 aliphatic rings. The van der Waals surface area contributed by atoms with Gasteiger partial charge in [-0.15, -0.1) is 0 Å². The van der Waals surface area contributed by atoms with Crippen LogP contribution in [0.4, 0.5) is 0 Å². The van der Waals surface area contributed by atoms with E-state index in [1.165, 1.54) is 0 Å². The molecule has 3 atom stereocenters. The normalized spacial score (nSPS) is 15.4. The molecule has 0 aliphatic heterocycles. The fourth-order valence-electron chi connectivity index (χ4n) is 4.01. The third-order valence-corrected chi connectivity index (χ3v) is 7.68. The van der Waals surface area contributed by atoms with Crippen molar-refractivity contribution in [2.24, 2.45) is 11.3 Å². The van der Waals surface area contributed by atoms with Crippen molar-refractivity contribution in [3.8, 4) is 0 Å². The Bertz CT molecular complexity index is 799. The monoisotopic (exact) mass is 482 g/mol. The van der Waals surface area contributed by atoms with Crippen molar-refractivity contribution in [2.75, 3.05) is 31.8 Å². The number of amides is 1. The second-order valence-corrected chi connectivity index (χ2v) is 11.2. The van der Waals surface area contributed by atoms with E-state index < -0.39 is 16.2 Å². The molecule has 1 aromatic carbocycles. The summed E-state index contributed by atoms with van der Waals surface area (Å²) in [5.41, 5.74) is 6.43. The van der Waals surface area contributed by atoms with Gasteiger partial charge in [-0.3, -0.25) is 19.2 Å². The fourth-order valence-corrected chi connectivity index (χ4v) is 5.37. The Balaban J connectivity index is 3.01. The number of hydrogen-bond donors (Lipinski definition) is 3. The highest BCUT2D eigenvalue weighted by Gasteiger charge is 2.35. The minimum absolute atomic E-state index is 0.0733. The average Bonchev–Trinajstić information content (AvgIpc) is 2.73. The lowest BCUT2D eigenvalue weighted by atomic mass is 9.75. The number of nitrogens with one attached hydrogen (secondary N) is 2. The number of aliphatic hydroxyl groups excluding tert-OH is 1. The minimum atomic E-state index is -1.05. The van der Waals surface area contributed by atoms with Gasteiger partial charge in [-0.1, -0.05) is 51.5 Å². The van der Waals surface area contributed by atoms with E-state index in [4.69, 9.17) is 9.84 Å². The maximum Gasteiger partial charge on any atom is 0.308 e. The van der Waals surface area contributed by atoms with E-state index in [1.54, 1.807) is 14.0 Å². The summed E-state index contributed by atoms with van der Waals surface area (Å²) in [6, 6.07) is 7.85. The third kappa shape index (κ3) is 9.55. The molecular formula is C25H42N2O5S. The first-order valence-electron chi connectivity index (χ1n) is 11.7. The van der Waals surface area contributed by atoms with Crippen molar-refractivity contribution >= 4 is 22.7 Å². The molecule has 1 rings (SSSR count). The second-order valence-electron chi connectivity index (χ2n) is 9.62. The Hall–Kier alpha value is -1.77. The van der Waals surface area contributed by atoms with Crippen LogP contribution < -0.4 is 10.9 Å². The van der Waals surface area contributed by atoms with Crippen LogP contribution in [0, 0.1) is 11.3 Å². The second kappa shape index (κ2) is 13.8. The molecule has 188 valence electrons. The summed E-state index contributed by atoms with van der Waals surface area (Å²) in [5.74, 6) is 0.205. The van der Waals surface area contributed by atoms with Crippen LogP contribution in [0.25, 0.3) is 0 Å². The first-order valence-corrected chi connectivity index (χ1v) is 13.2. The van der Waals surface area contributed by atoms with Crippen LogP contribution in [0.3, 0.4) is 0 Å². The van der Waals surface area contributed by atoms with Gasteiger partial charge in [0.25, 0.3) is 0 Å². The molecule has 0 fully saturated rings. The van der Waals surface area contributed by atoms with Gasteiger partial charge < -0.3 is 9.84 Å². The fraction of sp³-hybridized carbons (Fsp3) is 0.680. The van der Waals surface area contributed by atoms with Gasteiger partial charge in [-0.25, -0.2) is 5.43 Å². The van der Waals surface area contributed by atoms with Crippen LogP contribution in [-0.4, -0.2) is 53.0 Å². The molecule has 0 heterocycles. The van der Waals surface area contributed by atoms with Gasteiger partial charge in [-0.2, -0.15) is 0 Å². The van der Waals surface area contributed by atoms with Gasteiger partial charge >= 0.3 is 5.97 Å². The summed E-state index contributed by atoms with van der Waals surface area (Å²) in [4.78, 5) is 25.1. The van der Waals surface area contributed by atoms with Gasteiger partial charge in [0.1, 0.15) is 0 Å². The molecule has 33 heavy (non-hydrogen) atoms. The van der Waals surface area contributed by atoms with Gasteiger partial charge in [0.05, 0.1) is 24.5 Å². The number of carbonyl (C=O) groups excluding carboxylic acids is 2. The molecular weight excluding hydrogens is 440 g/mol. The molecule has 0 radical (unpaired) electrons. The zero-order chi connectivity index (χ0) is 25.1. The van der Waals surface area contributed by atoms with Crippen LogP contribution in [-0.2, 0) is 37.0 Å². The number of ether oxygens (including phenoxy) is 1. The summed E-state index contributed by atoms with van der Waals surface area (Å²) in [7, 11) is 0.609. The van der Waals surface area contributed by atoms with E-state index in [-0.39, 0.29) is 29.8 Å². The zero-order valence-electron chi connectivity index (χ0n) is 21.0. The highest BCUT2D eigenvalue weighted by Crippen LogP contribution is 2.34. The van der Waals surface area contributed by atoms with E-state index in [0.29, 0.717) is 31.0 Å². The van der Waals surface area contributed by atoms with Crippen molar-refractivity contribution in [3.05, 3.63) is 35.4 Å². The number of hydrogen-bond acceptors (Lipinski definition) is 6. The number of carbonyl (C=O) groups is 2. The Labute approximate surface area is 201 Å². The minimum Gasteiger partial charge on any atom is -0.466 e. The van der Waals surface area contributed by atoms with Crippen LogP contribution in [0.2, 0.25) is 0 Å². The topological polar surface area (TPSA) is 105 Å². The molecule has 0 aliphatic carbocycles. The average molecular weight is 483 g/mol. The summed E-state index contributed by atoms with van der Waals surface area (Å²) in [6.07, 6.45) is 2.75. The van der Waals surface area contributed by atoms with E-state index in [2.05, 4.69) is 24.7 Å². The van der Waals surface area contributed by atoms with Crippen molar-refractivity contribution in [1.29, 1.82) is 0 Å². The number of esters is 1. The van der Waals surface area contributed by atoms with Gasteiger partial charge in [0.15, 0.2) is 0 Å². The molecule has 0 saturated carbocycles. The van der Waals surface area contributed by atoms with Gasteiger partial charge in [0.2, 0.25) is 5.91 Å². The maximum atomic E-state index is 13.1. The van der Waals surface area contributed by atoms with Gasteiger partial charge in [-0.05, 0) is 49.7 Å². The number of benzene rings is 1. The molecule has 0 spiro atoms. The molecule has 3 unspecified atom stereocenters. The lowest BCUT2D eigenvalue weighted by molar-refractivity contribution is -0.147. The molecule has 3 N–H and O–H groups in total. The molecule has 0 saturated heterocycles. The molecule has 1 aromatic rings. The first kappa shape index (κ1) is 29.3. The van der Waals surface area contributed by atoms with Crippen molar-refractivity contribution in [2.45, 2.75) is 65.7 Å². The zero-order valence-corrected chi connectivity index (χ0v) is 21.8. The van der Waals surface area contributed by atoms with E-state index in [1.807, 2.05) is 38.1 Å². The Morgan fingerprint density at radius 1 is 1.21 bits per heavy atom. The van der Waals surface area contributed by atoms with Crippen LogP contribution in [0.5, 0.6) is 0 Å². The SMILES string of the molecule is CCOC(=O)C(C)Cc1cccc(C(C)(CCCC(C)(C)CS(=O)CCO)C(=O)NNC)c1. The van der Waals surface area contributed by atoms with E-state index in [0.717, 1.165) is 24.0 Å². The van der Waals surface area contributed by atoms with E-state index >= 15 is 0 Å². The van der Waals surface area contributed by atoms with E-state index in [9.17, 15) is 13.8 Å². The predicted octanol–water partition coefficient (Wildman–Crippen LogP) is 2.87. The van der Waals surface area contributed by atoms with Crippen molar-refractivity contribution < 1.29 is 23.6 Å². The van der Waals surface area contributed by atoms with Crippen molar-refractivity contribution in [3.63, 3.8) is 0 Å². The highest BCUT2D eigenvalue weighted by molar-refractivity contribution is 7.85. The summed E-state index contributed by atoms with van der Waals surface area (Å²) in [6.45, 7) is 10.0. The number of rotatable bonds is 15. The predicted molar refractivity (Wildman–Crippen MR) is 133 cm³/mol. The molecule has 0 aromatic heterocycles. The summed E-state index contributed by atoms with van der Waals surface area (Å²) < 4.78 is 17.2. The van der Waals surface area contributed by atoms with Crippen molar-refractivity contribution in [1.82, 2.24) is 10.9 Å². The molecule has 7 nitrogen and oxygen atoms in total. The van der Waals surface area contributed by atoms with Gasteiger partial charge in [0, 0.05) is 29.4 Å². The van der Waals surface area contributed by atoms with Crippen LogP contribution >= 0.6 is 0 Å². The highest BCUT2D eigenvalue weighted by atomic mass is 32.2. The largest absolute Gasteiger partial charge is 0.466 e. The Morgan fingerprint density at radius 2 is 1.91 bits per heavy atom. The lowest BCUT2D eigenvalue weighted by Crippen LogP contribution is -2.47. The quantitative estimate of drug-likeness (QED) is 0.262. The lowest BCUT2D eigenvalue weighted by Gasteiger charge is -2.31.